The Kier molecular flexibility index (Phi) is 5.57. The molecule has 0 radical (unpaired) electrons. The molecular weight excluding hydrogens is 435 g/mol. The molecule has 0 bridgehead atoms. The molecule has 0 saturated heterocycles. The lowest BCUT2D eigenvalue weighted by molar-refractivity contribution is 0.102. The van der Waals surface area contributed by atoms with Crippen LogP contribution in [0.3, 0.4) is 0 Å². The molecule has 1 amide bonds. The van der Waals surface area contributed by atoms with Crippen molar-refractivity contribution in [2.45, 2.75) is 4.90 Å². The molecule has 5 nitrogen and oxygen atoms in total. The van der Waals surface area contributed by atoms with Gasteiger partial charge in [0.05, 0.1) is 4.90 Å². The van der Waals surface area contributed by atoms with Gasteiger partial charge in [-0.25, -0.2) is 12.8 Å². The van der Waals surface area contributed by atoms with E-state index in [9.17, 15) is 17.6 Å². The summed E-state index contributed by atoms with van der Waals surface area (Å²) in [5.41, 5.74) is 1.31. The van der Waals surface area contributed by atoms with Gasteiger partial charge in [-0.2, -0.15) is 0 Å². The van der Waals surface area contributed by atoms with Gasteiger partial charge in [0.1, 0.15) is 5.82 Å². The average Bonchev–Trinajstić information content (AvgIpc) is 2.64. The summed E-state index contributed by atoms with van der Waals surface area (Å²) >= 11 is 3.32. The number of carbonyl (C=O) groups excluding carboxylic acids is 1. The van der Waals surface area contributed by atoms with Crippen molar-refractivity contribution in [1.29, 1.82) is 0 Å². The van der Waals surface area contributed by atoms with Gasteiger partial charge in [-0.3, -0.25) is 9.52 Å². The van der Waals surface area contributed by atoms with Crippen LogP contribution < -0.4 is 10.0 Å². The monoisotopic (exact) mass is 448 g/mol. The molecular formula is C19H14BrFN2O3S. The molecule has 0 aliphatic carbocycles. The SMILES string of the molecule is O=C(Nc1ccc(Br)cc1)c1ccc(NS(=O)(=O)c2ccc(F)cc2)cc1. The van der Waals surface area contributed by atoms with Crippen LogP contribution in [0.2, 0.25) is 0 Å². The smallest absolute Gasteiger partial charge is 0.261 e. The van der Waals surface area contributed by atoms with E-state index in [1.807, 2.05) is 12.1 Å². The van der Waals surface area contributed by atoms with Gasteiger partial charge < -0.3 is 5.32 Å². The van der Waals surface area contributed by atoms with Gasteiger partial charge in [-0.05, 0) is 72.8 Å². The van der Waals surface area contributed by atoms with E-state index in [0.29, 0.717) is 16.9 Å². The molecule has 8 heteroatoms. The Morgan fingerprint density at radius 1 is 0.815 bits per heavy atom. The van der Waals surface area contributed by atoms with Crippen LogP contribution in [0.5, 0.6) is 0 Å². The first-order valence-electron chi connectivity index (χ1n) is 7.79. The lowest BCUT2D eigenvalue weighted by Gasteiger charge is -2.09. The van der Waals surface area contributed by atoms with Gasteiger partial charge in [0, 0.05) is 21.4 Å². The molecule has 3 rings (SSSR count). The molecule has 0 heterocycles. The maximum absolute atomic E-state index is 12.9. The third-order valence-electron chi connectivity index (χ3n) is 3.63. The molecule has 0 aliphatic rings. The summed E-state index contributed by atoms with van der Waals surface area (Å²) in [4.78, 5) is 12.2. The number of benzene rings is 3. The van der Waals surface area contributed by atoms with Crippen LogP contribution in [-0.4, -0.2) is 14.3 Å². The number of carbonyl (C=O) groups is 1. The Labute approximate surface area is 164 Å². The summed E-state index contributed by atoms with van der Waals surface area (Å²) in [6.07, 6.45) is 0. The summed E-state index contributed by atoms with van der Waals surface area (Å²) in [5, 5.41) is 2.75. The minimum absolute atomic E-state index is 0.0547. The second-order valence-electron chi connectivity index (χ2n) is 5.60. The molecule has 0 atom stereocenters. The molecule has 0 spiro atoms. The minimum atomic E-state index is -3.84. The first-order valence-corrected chi connectivity index (χ1v) is 10.1. The van der Waals surface area contributed by atoms with Crippen molar-refractivity contribution in [3.8, 4) is 0 Å². The van der Waals surface area contributed by atoms with Crippen molar-refractivity contribution in [1.82, 2.24) is 0 Å². The van der Waals surface area contributed by atoms with Crippen LogP contribution in [-0.2, 0) is 10.0 Å². The summed E-state index contributed by atoms with van der Waals surface area (Å²) < 4.78 is 40.8. The fourth-order valence-corrected chi connectivity index (χ4v) is 3.58. The Hall–Kier alpha value is -2.71. The van der Waals surface area contributed by atoms with Gasteiger partial charge >= 0.3 is 0 Å². The third-order valence-corrected chi connectivity index (χ3v) is 5.55. The largest absolute Gasteiger partial charge is 0.322 e. The second-order valence-corrected chi connectivity index (χ2v) is 8.20. The number of hydrogen-bond donors (Lipinski definition) is 2. The second kappa shape index (κ2) is 7.89. The highest BCUT2D eigenvalue weighted by Crippen LogP contribution is 2.18. The Balaban J connectivity index is 1.70. The molecule has 2 N–H and O–H groups in total. The van der Waals surface area contributed by atoms with E-state index in [4.69, 9.17) is 0 Å². The highest BCUT2D eigenvalue weighted by Gasteiger charge is 2.14. The van der Waals surface area contributed by atoms with Crippen LogP contribution in [0.4, 0.5) is 15.8 Å². The van der Waals surface area contributed by atoms with Crippen LogP contribution in [0.15, 0.2) is 82.2 Å². The molecule has 138 valence electrons. The first kappa shape index (κ1) is 19.1. The number of halogens is 2. The van der Waals surface area contributed by atoms with Crippen molar-refractivity contribution in [3.05, 3.63) is 88.6 Å². The standard InChI is InChI=1S/C19H14BrFN2O3S/c20-14-3-9-16(10-4-14)22-19(24)13-1-7-17(8-2-13)23-27(25,26)18-11-5-15(21)6-12-18/h1-12,23H,(H,22,24). The van der Waals surface area contributed by atoms with Crippen molar-refractivity contribution in [2.75, 3.05) is 10.0 Å². The van der Waals surface area contributed by atoms with E-state index < -0.39 is 15.8 Å². The minimum Gasteiger partial charge on any atom is -0.322 e. The van der Waals surface area contributed by atoms with Crippen molar-refractivity contribution >= 4 is 43.2 Å². The number of anilines is 2. The average molecular weight is 449 g/mol. The predicted octanol–water partition coefficient (Wildman–Crippen LogP) is 4.64. The van der Waals surface area contributed by atoms with E-state index >= 15 is 0 Å². The van der Waals surface area contributed by atoms with E-state index in [1.54, 1.807) is 12.1 Å². The summed E-state index contributed by atoms with van der Waals surface area (Å²) in [6, 6.07) is 17.6. The predicted molar refractivity (Wildman–Crippen MR) is 106 cm³/mol. The van der Waals surface area contributed by atoms with E-state index in [1.165, 1.54) is 36.4 Å². The van der Waals surface area contributed by atoms with E-state index in [2.05, 4.69) is 26.0 Å². The van der Waals surface area contributed by atoms with Gasteiger partial charge in [0.2, 0.25) is 0 Å². The molecule has 27 heavy (non-hydrogen) atoms. The summed E-state index contributed by atoms with van der Waals surface area (Å²) in [6.45, 7) is 0. The van der Waals surface area contributed by atoms with E-state index in [-0.39, 0.29) is 10.8 Å². The first-order chi connectivity index (χ1) is 12.8. The van der Waals surface area contributed by atoms with E-state index in [0.717, 1.165) is 16.6 Å². The zero-order valence-corrected chi connectivity index (χ0v) is 16.2. The number of hydrogen-bond acceptors (Lipinski definition) is 3. The zero-order valence-electron chi connectivity index (χ0n) is 13.8. The number of sulfonamides is 1. The molecule has 0 fully saturated rings. The molecule has 0 aromatic heterocycles. The topological polar surface area (TPSA) is 75.3 Å². The number of amides is 1. The highest BCUT2D eigenvalue weighted by atomic mass is 79.9. The lowest BCUT2D eigenvalue weighted by Crippen LogP contribution is -2.14. The maximum atomic E-state index is 12.9. The lowest BCUT2D eigenvalue weighted by atomic mass is 10.2. The van der Waals surface area contributed by atoms with Crippen molar-refractivity contribution < 1.29 is 17.6 Å². The summed E-state index contributed by atoms with van der Waals surface area (Å²) in [7, 11) is -3.84. The van der Waals surface area contributed by atoms with Crippen LogP contribution in [0.25, 0.3) is 0 Å². The Bertz CT molecular complexity index is 1050. The normalized spacial score (nSPS) is 11.0. The number of rotatable bonds is 5. The molecule has 0 aliphatic heterocycles. The highest BCUT2D eigenvalue weighted by molar-refractivity contribution is 9.10. The maximum Gasteiger partial charge on any atom is 0.261 e. The summed E-state index contributed by atoms with van der Waals surface area (Å²) in [5.74, 6) is -0.833. The molecule has 0 unspecified atom stereocenters. The van der Waals surface area contributed by atoms with Crippen LogP contribution in [0.1, 0.15) is 10.4 Å². The Morgan fingerprint density at radius 2 is 1.37 bits per heavy atom. The van der Waals surface area contributed by atoms with Crippen LogP contribution in [0, 0.1) is 5.82 Å². The fraction of sp³-hybridized carbons (Fsp3) is 0. The van der Waals surface area contributed by atoms with Gasteiger partial charge in [0.25, 0.3) is 15.9 Å². The molecule has 3 aromatic rings. The Morgan fingerprint density at radius 3 is 1.96 bits per heavy atom. The number of nitrogens with one attached hydrogen (secondary N) is 2. The quantitative estimate of drug-likeness (QED) is 0.596. The van der Waals surface area contributed by atoms with Gasteiger partial charge in [-0.15, -0.1) is 0 Å². The van der Waals surface area contributed by atoms with Gasteiger partial charge in [-0.1, -0.05) is 15.9 Å². The van der Waals surface area contributed by atoms with Crippen molar-refractivity contribution in [2.24, 2.45) is 0 Å². The van der Waals surface area contributed by atoms with Crippen LogP contribution >= 0.6 is 15.9 Å². The molecule has 3 aromatic carbocycles. The van der Waals surface area contributed by atoms with Gasteiger partial charge in [0.15, 0.2) is 0 Å². The van der Waals surface area contributed by atoms with Crippen molar-refractivity contribution in [3.63, 3.8) is 0 Å². The fourth-order valence-electron chi connectivity index (χ4n) is 2.25. The zero-order chi connectivity index (χ0) is 19.4. The molecule has 0 saturated carbocycles. The third kappa shape index (κ3) is 4.93.